The highest BCUT2D eigenvalue weighted by molar-refractivity contribution is 5.92. The predicted molar refractivity (Wildman–Crippen MR) is 130 cm³/mol. The third-order valence-corrected chi connectivity index (χ3v) is 6.62. The third kappa shape index (κ3) is 4.64. The fourth-order valence-corrected chi connectivity index (χ4v) is 4.95. The van der Waals surface area contributed by atoms with Crippen LogP contribution in [-0.4, -0.2) is 64.4 Å². The van der Waals surface area contributed by atoms with Crippen molar-refractivity contribution in [1.29, 1.82) is 0 Å². The van der Waals surface area contributed by atoms with Crippen LogP contribution in [0.2, 0.25) is 0 Å². The van der Waals surface area contributed by atoms with Crippen molar-refractivity contribution in [1.82, 2.24) is 24.8 Å². The van der Waals surface area contributed by atoms with Crippen LogP contribution in [0.4, 0.5) is 4.39 Å². The lowest BCUT2D eigenvalue weighted by molar-refractivity contribution is -0.130. The number of carbonyl (C=O) groups is 1. The number of H-pyrrole nitrogens is 1. The predicted octanol–water partition coefficient (Wildman–Crippen LogP) is 4.77. The molecule has 3 aromatic heterocycles. The summed E-state index contributed by atoms with van der Waals surface area (Å²) in [6.45, 7) is 10.1. The van der Waals surface area contributed by atoms with Crippen LogP contribution in [0.25, 0.3) is 22.2 Å². The summed E-state index contributed by atoms with van der Waals surface area (Å²) in [4.78, 5) is 28.3. The molecule has 0 aromatic carbocycles. The SMILES string of the molecule is Cc1cc(-c2[nH]c3cnc(C4CCN(CC(=O)N(C)C)CC4)c(F)c3c2C(C)C)cc(C)n1. The minimum atomic E-state index is -0.205. The lowest BCUT2D eigenvalue weighted by atomic mass is 9.90. The standard InChI is InChI=1S/C26H34FN5O/c1-15(2)22-23-20(30-25(22)19-11-16(3)29-17(4)12-19)13-28-26(24(23)27)18-7-9-32(10-8-18)14-21(33)31(5)6/h11-13,15,18,30H,7-10,14H2,1-6H3. The fourth-order valence-electron chi connectivity index (χ4n) is 4.95. The van der Waals surface area contributed by atoms with Gasteiger partial charge in [0.2, 0.25) is 5.91 Å². The van der Waals surface area contributed by atoms with Gasteiger partial charge in [0, 0.05) is 42.4 Å². The number of pyridine rings is 2. The second-order valence-corrected chi connectivity index (χ2v) is 9.79. The topological polar surface area (TPSA) is 65.1 Å². The monoisotopic (exact) mass is 451 g/mol. The van der Waals surface area contributed by atoms with E-state index in [2.05, 4.69) is 33.7 Å². The minimum Gasteiger partial charge on any atom is -0.353 e. The van der Waals surface area contributed by atoms with Crippen molar-refractivity contribution in [3.8, 4) is 11.3 Å². The Bertz CT molecular complexity index is 1150. The van der Waals surface area contributed by atoms with E-state index in [1.807, 2.05) is 26.0 Å². The Morgan fingerprint density at radius 1 is 1.21 bits per heavy atom. The molecule has 176 valence electrons. The highest BCUT2D eigenvalue weighted by Crippen LogP contribution is 2.39. The van der Waals surface area contributed by atoms with Gasteiger partial charge in [-0.1, -0.05) is 13.8 Å². The summed E-state index contributed by atoms with van der Waals surface area (Å²) < 4.78 is 16.0. The number of aromatic nitrogens is 3. The molecule has 7 heteroatoms. The molecule has 1 aliphatic heterocycles. The Morgan fingerprint density at radius 3 is 2.42 bits per heavy atom. The summed E-state index contributed by atoms with van der Waals surface area (Å²) in [5.74, 6) is 0.0984. The number of aryl methyl sites for hydroxylation is 2. The van der Waals surface area contributed by atoms with Gasteiger partial charge in [-0.2, -0.15) is 0 Å². The first-order valence-electron chi connectivity index (χ1n) is 11.7. The van der Waals surface area contributed by atoms with Gasteiger partial charge in [-0.3, -0.25) is 19.7 Å². The number of likely N-dealkylation sites (tertiary alicyclic amines) is 1. The molecular formula is C26H34FN5O. The van der Waals surface area contributed by atoms with Crippen LogP contribution in [-0.2, 0) is 4.79 Å². The molecule has 1 N–H and O–H groups in total. The van der Waals surface area contributed by atoms with Crippen LogP contribution in [0.5, 0.6) is 0 Å². The Kier molecular flexibility index (Phi) is 6.52. The maximum absolute atomic E-state index is 16.0. The maximum atomic E-state index is 16.0. The Hall–Kier alpha value is -2.80. The van der Waals surface area contributed by atoms with E-state index in [9.17, 15) is 4.79 Å². The average molecular weight is 452 g/mol. The smallest absolute Gasteiger partial charge is 0.236 e. The number of carbonyl (C=O) groups excluding carboxylic acids is 1. The molecule has 0 spiro atoms. The molecule has 1 saturated heterocycles. The van der Waals surface area contributed by atoms with Crippen LogP contribution < -0.4 is 0 Å². The largest absolute Gasteiger partial charge is 0.353 e. The zero-order valence-corrected chi connectivity index (χ0v) is 20.5. The van der Waals surface area contributed by atoms with E-state index in [0.717, 1.165) is 59.7 Å². The van der Waals surface area contributed by atoms with E-state index >= 15 is 4.39 Å². The van der Waals surface area contributed by atoms with Gasteiger partial charge in [-0.15, -0.1) is 0 Å². The highest BCUT2D eigenvalue weighted by atomic mass is 19.1. The second kappa shape index (κ2) is 9.21. The van der Waals surface area contributed by atoms with Gasteiger partial charge in [-0.05, 0) is 63.4 Å². The molecule has 4 heterocycles. The van der Waals surface area contributed by atoms with Crippen LogP contribution in [0, 0.1) is 19.7 Å². The number of nitrogens with one attached hydrogen (secondary N) is 1. The summed E-state index contributed by atoms with van der Waals surface area (Å²) in [6.07, 6.45) is 3.38. The summed E-state index contributed by atoms with van der Waals surface area (Å²) in [6, 6.07) is 4.08. The minimum absolute atomic E-state index is 0.0592. The zero-order valence-electron chi connectivity index (χ0n) is 20.5. The lowest BCUT2D eigenvalue weighted by Gasteiger charge is -2.32. The summed E-state index contributed by atoms with van der Waals surface area (Å²) in [7, 11) is 3.55. The summed E-state index contributed by atoms with van der Waals surface area (Å²) >= 11 is 0. The molecule has 1 amide bonds. The van der Waals surface area contributed by atoms with Crippen molar-refractivity contribution >= 4 is 16.8 Å². The molecule has 0 bridgehead atoms. The molecule has 0 aliphatic carbocycles. The first kappa shape index (κ1) is 23.4. The maximum Gasteiger partial charge on any atom is 0.236 e. The lowest BCUT2D eigenvalue weighted by Crippen LogP contribution is -2.40. The number of halogens is 1. The van der Waals surface area contributed by atoms with Gasteiger partial charge >= 0.3 is 0 Å². The molecule has 0 saturated carbocycles. The second-order valence-electron chi connectivity index (χ2n) is 9.79. The van der Waals surface area contributed by atoms with Crippen molar-refractivity contribution in [3.05, 3.63) is 46.8 Å². The first-order valence-corrected chi connectivity index (χ1v) is 11.7. The molecule has 4 rings (SSSR count). The molecule has 1 fully saturated rings. The number of amides is 1. The number of rotatable bonds is 5. The van der Waals surface area contributed by atoms with Crippen molar-refractivity contribution in [3.63, 3.8) is 0 Å². The van der Waals surface area contributed by atoms with Gasteiger partial charge in [-0.25, -0.2) is 4.39 Å². The van der Waals surface area contributed by atoms with E-state index in [0.29, 0.717) is 17.6 Å². The number of hydrogen-bond acceptors (Lipinski definition) is 4. The number of piperidine rings is 1. The molecular weight excluding hydrogens is 417 g/mol. The van der Waals surface area contributed by atoms with Crippen LogP contribution in [0.15, 0.2) is 18.3 Å². The molecule has 0 atom stereocenters. The number of aromatic amines is 1. The Morgan fingerprint density at radius 2 is 1.85 bits per heavy atom. The van der Waals surface area contributed by atoms with Gasteiger partial charge in [0.25, 0.3) is 0 Å². The van der Waals surface area contributed by atoms with Crippen LogP contribution in [0.3, 0.4) is 0 Å². The number of fused-ring (bicyclic) bond motifs is 1. The Balaban J connectivity index is 1.68. The molecule has 1 aliphatic rings. The fraction of sp³-hybridized carbons (Fsp3) is 0.500. The average Bonchev–Trinajstić information content (AvgIpc) is 3.15. The van der Waals surface area contributed by atoms with Gasteiger partial charge in [0.1, 0.15) is 0 Å². The van der Waals surface area contributed by atoms with Crippen LogP contribution >= 0.6 is 0 Å². The highest BCUT2D eigenvalue weighted by Gasteiger charge is 2.28. The van der Waals surface area contributed by atoms with E-state index in [1.54, 1.807) is 25.2 Å². The van der Waals surface area contributed by atoms with E-state index in [4.69, 9.17) is 0 Å². The quantitative estimate of drug-likeness (QED) is 0.607. The van der Waals surface area contributed by atoms with E-state index < -0.39 is 0 Å². The summed E-state index contributed by atoms with van der Waals surface area (Å²) in [5, 5.41) is 0.655. The normalized spacial score (nSPS) is 15.5. The van der Waals surface area contributed by atoms with Gasteiger partial charge in [0.05, 0.1) is 29.6 Å². The van der Waals surface area contributed by atoms with E-state index in [1.165, 1.54) is 0 Å². The molecule has 0 unspecified atom stereocenters. The third-order valence-electron chi connectivity index (χ3n) is 6.62. The Labute approximate surface area is 195 Å². The molecule has 0 radical (unpaired) electrons. The number of likely N-dealkylation sites (N-methyl/N-ethyl adjacent to an activating group) is 1. The molecule has 3 aromatic rings. The van der Waals surface area contributed by atoms with Crippen molar-refractivity contribution in [2.75, 3.05) is 33.7 Å². The molecule has 6 nitrogen and oxygen atoms in total. The first-order chi connectivity index (χ1) is 15.7. The van der Waals surface area contributed by atoms with Gasteiger partial charge < -0.3 is 9.88 Å². The van der Waals surface area contributed by atoms with Crippen molar-refractivity contribution < 1.29 is 9.18 Å². The van der Waals surface area contributed by atoms with E-state index in [-0.39, 0.29) is 23.6 Å². The zero-order chi connectivity index (χ0) is 23.9. The van der Waals surface area contributed by atoms with Crippen LogP contribution in [0.1, 0.15) is 61.2 Å². The number of hydrogen-bond donors (Lipinski definition) is 1. The number of nitrogens with zero attached hydrogens (tertiary/aromatic N) is 4. The van der Waals surface area contributed by atoms with Crippen molar-refractivity contribution in [2.24, 2.45) is 0 Å². The van der Waals surface area contributed by atoms with Gasteiger partial charge in [0.15, 0.2) is 5.82 Å². The molecule has 33 heavy (non-hydrogen) atoms. The van der Waals surface area contributed by atoms with Crippen molar-refractivity contribution in [2.45, 2.75) is 52.4 Å². The summed E-state index contributed by atoms with van der Waals surface area (Å²) in [5.41, 5.74) is 6.13.